The van der Waals surface area contributed by atoms with Crippen molar-refractivity contribution < 1.29 is 4.74 Å². The van der Waals surface area contributed by atoms with Crippen LogP contribution in [0.5, 0.6) is 5.75 Å². The highest BCUT2D eigenvalue weighted by Crippen LogP contribution is 2.12. The number of para-hydroxylation sites is 1. The summed E-state index contributed by atoms with van der Waals surface area (Å²) in [5, 5.41) is 7.26. The Bertz CT molecular complexity index is 425. The molecule has 0 aliphatic rings. The molecule has 1 aromatic heterocycles. The highest BCUT2D eigenvalue weighted by Gasteiger charge is 2.00. The summed E-state index contributed by atoms with van der Waals surface area (Å²) in [6.07, 6.45) is 3.60. The maximum absolute atomic E-state index is 5.50. The van der Waals surface area contributed by atoms with Crippen molar-refractivity contribution in [2.45, 2.75) is 0 Å². The monoisotopic (exact) mass is 217 g/mol. The van der Waals surface area contributed by atoms with Gasteiger partial charge < -0.3 is 10.1 Å². The zero-order chi connectivity index (χ0) is 11.2. The lowest BCUT2D eigenvalue weighted by Gasteiger charge is -2.01. The lowest BCUT2D eigenvalue weighted by atomic mass is 10.3. The Morgan fingerprint density at radius 2 is 2.12 bits per heavy atom. The SMILES string of the molecule is CNCCOc1cnn(-c2ccccc2)c1. The second-order valence-electron chi connectivity index (χ2n) is 3.41. The van der Waals surface area contributed by atoms with Crippen molar-refractivity contribution in [2.24, 2.45) is 0 Å². The summed E-state index contributed by atoms with van der Waals surface area (Å²) in [4.78, 5) is 0. The molecule has 0 saturated carbocycles. The maximum Gasteiger partial charge on any atom is 0.157 e. The Kier molecular flexibility index (Phi) is 3.56. The van der Waals surface area contributed by atoms with Crippen LogP contribution in [0.1, 0.15) is 0 Å². The number of rotatable bonds is 5. The molecule has 0 saturated heterocycles. The van der Waals surface area contributed by atoms with Gasteiger partial charge in [0, 0.05) is 6.54 Å². The largest absolute Gasteiger partial charge is 0.489 e. The van der Waals surface area contributed by atoms with Crippen LogP contribution in [-0.4, -0.2) is 30.0 Å². The third-order valence-corrected chi connectivity index (χ3v) is 2.20. The number of benzene rings is 1. The Labute approximate surface area is 94.9 Å². The Balaban J connectivity index is 2.02. The summed E-state index contributed by atoms with van der Waals surface area (Å²) in [6.45, 7) is 1.48. The molecule has 0 unspecified atom stereocenters. The van der Waals surface area contributed by atoms with E-state index in [4.69, 9.17) is 4.74 Å². The molecule has 0 fully saturated rings. The maximum atomic E-state index is 5.50. The number of aromatic nitrogens is 2. The first-order chi connectivity index (χ1) is 7.90. The van der Waals surface area contributed by atoms with Gasteiger partial charge in [-0.25, -0.2) is 4.68 Å². The fraction of sp³-hybridized carbons (Fsp3) is 0.250. The molecule has 1 N–H and O–H groups in total. The van der Waals surface area contributed by atoms with E-state index in [1.807, 2.05) is 43.6 Å². The van der Waals surface area contributed by atoms with Crippen molar-refractivity contribution in [1.82, 2.24) is 15.1 Å². The molecule has 0 spiro atoms. The van der Waals surface area contributed by atoms with Gasteiger partial charge in [0.05, 0.1) is 18.1 Å². The molecule has 4 heteroatoms. The van der Waals surface area contributed by atoms with Crippen LogP contribution < -0.4 is 10.1 Å². The van der Waals surface area contributed by atoms with Gasteiger partial charge in [-0.05, 0) is 19.2 Å². The zero-order valence-corrected chi connectivity index (χ0v) is 9.26. The van der Waals surface area contributed by atoms with Crippen molar-refractivity contribution in [3.05, 3.63) is 42.7 Å². The average Bonchev–Trinajstić information content (AvgIpc) is 2.79. The van der Waals surface area contributed by atoms with E-state index in [0.29, 0.717) is 6.61 Å². The quantitative estimate of drug-likeness (QED) is 0.771. The van der Waals surface area contributed by atoms with E-state index < -0.39 is 0 Å². The first-order valence-corrected chi connectivity index (χ1v) is 5.27. The van der Waals surface area contributed by atoms with Gasteiger partial charge in [0.25, 0.3) is 0 Å². The summed E-state index contributed by atoms with van der Waals surface area (Å²) in [6, 6.07) is 9.96. The molecule has 4 nitrogen and oxygen atoms in total. The van der Waals surface area contributed by atoms with Crippen LogP contribution in [0.15, 0.2) is 42.7 Å². The minimum absolute atomic E-state index is 0.650. The molecular formula is C12H15N3O. The lowest BCUT2D eigenvalue weighted by Crippen LogP contribution is -2.15. The number of ether oxygens (including phenoxy) is 1. The van der Waals surface area contributed by atoms with Gasteiger partial charge in [0.15, 0.2) is 5.75 Å². The van der Waals surface area contributed by atoms with Gasteiger partial charge in [-0.15, -0.1) is 0 Å². The third-order valence-electron chi connectivity index (χ3n) is 2.20. The third kappa shape index (κ3) is 2.61. The van der Waals surface area contributed by atoms with Crippen LogP contribution in [0.4, 0.5) is 0 Å². The van der Waals surface area contributed by atoms with Crippen LogP contribution in [0.3, 0.4) is 0 Å². The van der Waals surface area contributed by atoms with Crippen molar-refractivity contribution in [3.63, 3.8) is 0 Å². The molecule has 0 atom stereocenters. The Hall–Kier alpha value is -1.81. The minimum Gasteiger partial charge on any atom is -0.489 e. The number of nitrogens with one attached hydrogen (secondary N) is 1. The highest BCUT2D eigenvalue weighted by molar-refractivity contribution is 5.32. The predicted octanol–water partition coefficient (Wildman–Crippen LogP) is 1.47. The summed E-state index contributed by atoms with van der Waals surface area (Å²) in [5.41, 5.74) is 1.03. The number of nitrogens with zero attached hydrogens (tertiary/aromatic N) is 2. The molecule has 0 bridgehead atoms. The molecule has 84 valence electrons. The second kappa shape index (κ2) is 5.32. The van der Waals surface area contributed by atoms with E-state index >= 15 is 0 Å². The van der Waals surface area contributed by atoms with Gasteiger partial charge in [-0.3, -0.25) is 0 Å². The fourth-order valence-corrected chi connectivity index (χ4v) is 1.37. The first kappa shape index (κ1) is 10.7. The van der Waals surface area contributed by atoms with Gasteiger partial charge in [0.2, 0.25) is 0 Å². The Morgan fingerprint density at radius 1 is 1.31 bits per heavy atom. The molecule has 2 rings (SSSR count). The summed E-state index contributed by atoms with van der Waals surface area (Å²) in [5.74, 6) is 0.791. The predicted molar refractivity (Wildman–Crippen MR) is 63.0 cm³/mol. The van der Waals surface area contributed by atoms with Crippen molar-refractivity contribution in [1.29, 1.82) is 0 Å². The standard InChI is InChI=1S/C12H15N3O/c1-13-7-8-16-12-9-14-15(10-12)11-5-3-2-4-6-11/h2-6,9-10,13H,7-8H2,1H3. The van der Waals surface area contributed by atoms with E-state index in [1.54, 1.807) is 10.9 Å². The summed E-state index contributed by atoms with van der Waals surface area (Å²) < 4.78 is 7.30. The van der Waals surface area contributed by atoms with Crippen LogP contribution in [0.2, 0.25) is 0 Å². The lowest BCUT2D eigenvalue weighted by molar-refractivity contribution is 0.318. The van der Waals surface area contributed by atoms with E-state index in [-0.39, 0.29) is 0 Å². The summed E-state index contributed by atoms with van der Waals surface area (Å²) in [7, 11) is 1.90. The van der Waals surface area contributed by atoms with Gasteiger partial charge >= 0.3 is 0 Å². The second-order valence-corrected chi connectivity index (χ2v) is 3.41. The number of hydrogen-bond acceptors (Lipinski definition) is 3. The highest BCUT2D eigenvalue weighted by atomic mass is 16.5. The van der Waals surface area contributed by atoms with Crippen molar-refractivity contribution >= 4 is 0 Å². The zero-order valence-electron chi connectivity index (χ0n) is 9.26. The molecule has 0 aliphatic carbocycles. The molecule has 0 aliphatic heterocycles. The Morgan fingerprint density at radius 3 is 2.88 bits per heavy atom. The summed E-state index contributed by atoms with van der Waals surface area (Å²) >= 11 is 0. The minimum atomic E-state index is 0.650. The van der Waals surface area contributed by atoms with Crippen LogP contribution in [0, 0.1) is 0 Å². The van der Waals surface area contributed by atoms with Crippen molar-refractivity contribution in [3.8, 4) is 11.4 Å². The fourth-order valence-electron chi connectivity index (χ4n) is 1.37. The van der Waals surface area contributed by atoms with Gasteiger partial charge in [-0.2, -0.15) is 5.10 Å². The van der Waals surface area contributed by atoms with E-state index in [9.17, 15) is 0 Å². The molecule has 1 aromatic carbocycles. The van der Waals surface area contributed by atoms with E-state index in [1.165, 1.54) is 0 Å². The first-order valence-electron chi connectivity index (χ1n) is 5.27. The number of likely N-dealkylation sites (N-methyl/N-ethyl adjacent to an activating group) is 1. The van der Waals surface area contributed by atoms with Crippen molar-refractivity contribution in [2.75, 3.05) is 20.2 Å². The molecule has 0 radical (unpaired) electrons. The normalized spacial score (nSPS) is 10.3. The molecule has 0 amide bonds. The molecular weight excluding hydrogens is 202 g/mol. The molecule has 2 aromatic rings. The van der Waals surface area contributed by atoms with Crippen LogP contribution in [-0.2, 0) is 0 Å². The van der Waals surface area contributed by atoms with E-state index in [0.717, 1.165) is 18.0 Å². The molecule has 1 heterocycles. The topological polar surface area (TPSA) is 39.1 Å². The van der Waals surface area contributed by atoms with Gasteiger partial charge in [0.1, 0.15) is 6.61 Å². The smallest absolute Gasteiger partial charge is 0.157 e. The number of hydrogen-bond donors (Lipinski definition) is 1. The van der Waals surface area contributed by atoms with Gasteiger partial charge in [-0.1, -0.05) is 18.2 Å². The molecule has 16 heavy (non-hydrogen) atoms. The van der Waals surface area contributed by atoms with E-state index in [2.05, 4.69) is 10.4 Å². The van der Waals surface area contributed by atoms with Crippen LogP contribution >= 0.6 is 0 Å². The average molecular weight is 217 g/mol. The van der Waals surface area contributed by atoms with Crippen LogP contribution in [0.25, 0.3) is 5.69 Å².